The van der Waals surface area contributed by atoms with Crippen LogP contribution in [0.15, 0.2) is 0 Å². The van der Waals surface area contributed by atoms with Gasteiger partial charge in [-0.3, -0.25) is 47.9 Å². The second kappa shape index (κ2) is 36.1. The van der Waals surface area contributed by atoms with Gasteiger partial charge in [-0.25, -0.2) is 4.79 Å². The molecular formula is C49H84N8O15. The van der Waals surface area contributed by atoms with E-state index in [1.54, 1.807) is 13.8 Å². The van der Waals surface area contributed by atoms with Crippen LogP contribution in [0.25, 0.3) is 0 Å². The monoisotopic (exact) mass is 1020 g/mol. The number of amides is 8. The van der Waals surface area contributed by atoms with E-state index >= 15 is 0 Å². The zero-order chi connectivity index (χ0) is 54.2. The number of hydrogen-bond donors (Lipinski definition) is 11. The van der Waals surface area contributed by atoms with Crippen LogP contribution in [0.3, 0.4) is 0 Å². The summed E-state index contributed by atoms with van der Waals surface area (Å²) in [6.45, 7) is 5.93. The summed E-state index contributed by atoms with van der Waals surface area (Å²) in [5.41, 5.74) is 5.45. The number of aliphatic carboxylic acids is 3. The van der Waals surface area contributed by atoms with Gasteiger partial charge in [0.1, 0.15) is 36.3 Å². The standard InChI is InChI=1S/C49H84N8O15/c1-5-6-7-8-9-10-11-12-13-14-15-16-17-18-19-22-39(60)53-35(29-38(50)59)48(70)57-27-20-21-37(57)46(68)54-34(24-26-42(64)65)45(67)56-43(32(4)58)47(69)51-30-40(61)52-33(23-25-41(62)63)44(66)55-36(49(71)72)28-31(2)3/h31-37,43,58H,5-30H2,1-4H3,(H2,50,59)(H,51,69)(H,52,61)(H,53,60)(H,54,68)(H,55,66)(H,56,67)(H,62,63)(H,64,65)(H,71,72)/t32-,33+,34+,35+,36+,37+,43+/m1/s1. The van der Waals surface area contributed by atoms with Gasteiger partial charge in [-0.15, -0.1) is 0 Å². The molecule has 8 amide bonds. The minimum atomic E-state index is -1.80. The van der Waals surface area contributed by atoms with Gasteiger partial charge in [0.05, 0.1) is 19.1 Å². The molecule has 0 aliphatic carbocycles. The normalized spacial score (nSPS) is 15.8. The summed E-state index contributed by atoms with van der Waals surface area (Å²) in [6, 6.07) is -8.92. The van der Waals surface area contributed by atoms with Crippen LogP contribution in [0, 0.1) is 5.92 Å². The Labute approximate surface area is 423 Å². The lowest BCUT2D eigenvalue weighted by Crippen LogP contribution is -2.60. The fourth-order valence-electron chi connectivity index (χ4n) is 8.32. The van der Waals surface area contributed by atoms with E-state index in [1.165, 1.54) is 64.2 Å². The molecule has 1 heterocycles. The topological polar surface area (TPSA) is 370 Å². The molecular weight excluding hydrogens is 941 g/mol. The number of carbonyl (C=O) groups excluding carboxylic acids is 8. The molecule has 1 rings (SSSR count). The van der Waals surface area contributed by atoms with Gasteiger partial charge in [0.25, 0.3) is 0 Å². The number of nitrogens with one attached hydrogen (secondary N) is 6. The highest BCUT2D eigenvalue weighted by molar-refractivity contribution is 5.98. The molecule has 0 aromatic heterocycles. The molecule has 23 nitrogen and oxygen atoms in total. The van der Waals surface area contributed by atoms with Crippen molar-refractivity contribution in [1.29, 1.82) is 0 Å². The van der Waals surface area contributed by atoms with Crippen molar-refractivity contribution in [2.24, 2.45) is 11.7 Å². The summed E-state index contributed by atoms with van der Waals surface area (Å²) in [7, 11) is 0. The average Bonchev–Trinajstić information content (AvgIpc) is 3.80. The first-order valence-electron chi connectivity index (χ1n) is 25.8. The predicted molar refractivity (Wildman–Crippen MR) is 263 cm³/mol. The van der Waals surface area contributed by atoms with Crippen molar-refractivity contribution >= 4 is 65.2 Å². The Morgan fingerprint density at radius 1 is 0.583 bits per heavy atom. The van der Waals surface area contributed by atoms with E-state index in [1.807, 2.05) is 0 Å². The first-order chi connectivity index (χ1) is 34.1. The first kappa shape index (κ1) is 64.1. The number of aliphatic hydroxyl groups excluding tert-OH is 1. The van der Waals surface area contributed by atoms with Gasteiger partial charge >= 0.3 is 17.9 Å². The fraction of sp³-hybridized carbons (Fsp3) is 0.776. The Morgan fingerprint density at radius 2 is 1.07 bits per heavy atom. The summed E-state index contributed by atoms with van der Waals surface area (Å²) >= 11 is 0. The van der Waals surface area contributed by atoms with Crippen LogP contribution in [0.2, 0.25) is 0 Å². The second-order valence-electron chi connectivity index (χ2n) is 19.2. The Balaban J connectivity index is 2.91. The Morgan fingerprint density at radius 3 is 1.54 bits per heavy atom. The SMILES string of the molecule is CCCCCCCCCCCCCCCCCC(=O)N[C@@H](CC(N)=O)C(=O)N1CCC[C@H]1C(=O)N[C@@H](CCC(=O)O)C(=O)N[C@H](C(=O)NCC(=O)N[C@@H](CCC(=O)O)C(=O)N[C@@H](CC(C)C)C(=O)O)[C@@H](C)O. The number of carboxylic acids is 3. The summed E-state index contributed by atoms with van der Waals surface area (Å²) in [4.78, 5) is 141. The molecule has 0 saturated carbocycles. The number of likely N-dealkylation sites (tertiary alicyclic amines) is 1. The minimum absolute atomic E-state index is 0.0299. The third-order valence-corrected chi connectivity index (χ3v) is 12.3. The highest BCUT2D eigenvalue weighted by Gasteiger charge is 2.40. The summed E-state index contributed by atoms with van der Waals surface area (Å²) < 4.78 is 0. The van der Waals surface area contributed by atoms with Gasteiger partial charge < -0.3 is 63.0 Å². The summed E-state index contributed by atoms with van der Waals surface area (Å²) in [6.07, 6.45) is 13.4. The van der Waals surface area contributed by atoms with Crippen LogP contribution in [0.1, 0.15) is 182 Å². The lowest BCUT2D eigenvalue weighted by molar-refractivity contribution is -0.143. The minimum Gasteiger partial charge on any atom is -0.481 e. The number of carboxylic acid groups (broad SMARTS) is 3. The molecule has 1 fully saturated rings. The largest absolute Gasteiger partial charge is 0.481 e. The van der Waals surface area contributed by atoms with E-state index in [9.17, 15) is 68.1 Å². The Hall–Kier alpha value is -5.87. The van der Waals surface area contributed by atoms with E-state index < -0.39 is 146 Å². The number of nitrogens with two attached hydrogens (primary N) is 1. The lowest BCUT2D eigenvalue weighted by Gasteiger charge is -2.30. The van der Waals surface area contributed by atoms with Crippen molar-refractivity contribution in [3.05, 3.63) is 0 Å². The number of aliphatic hydroxyl groups is 1. The maximum atomic E-state index is 13.8. The van der Waals surface area contributed by atoms with Crippen molar-refractivity contribution in [3.63, 3.8) is 0 Å². The van der Waals surface area contributed by atoms with Crippen molar-refractivity contribution in [1.82, 2.24) is 36.8 Å². The zero-order valence-corrected chi connectivity index (χ0v) is 42.8. The number of unbranched alkanes of at least 4 members (excludes halogenated alkanes) is 14. The predicted octanol–water partition coefficient (Wildman–Crippen LogP) is 1.90. The van der Waals surface area contributed by atoms with Gasteiger partial charge in [0, 0.05) is 25.8 Å². The van der Waals surface area contributed by atoms with E-state index in [0.29, 0.717) is 12.8 Å². The van der Waals surface area contributed by atoms with Gasteiger partial charge in [-0.2, -0.15) is 0 Å². The van der Waals surface area contributed by atoms with Gasteiger partial charge in [0.2, 0.25) is 47.3 Å². The molecule has 72 heavy (non-hydrogen) atoms. The highest BCUT2D eigenvalue weighted by atomic mass is 16.4. The average molecular weight is 1030 g/mol. The van der Waals surface area contributed by atoms with Crippen LogP contribution >= 0.6 is 0 Å². The lowest BCUT2D eigenvalue weighted by atomic mass is 10.0. The summed E-state index contributed by atoms with van der Waals surface area (Å²) in [5, 5.41) is 52.5. The highest BCUT2D eigenvalue weighted by Crippen LogP contribution is 2.21. The maximum Gasteiger partial charge on any atom is 0.326 e. The van der Waals surface area contributed by atoms with Gasteiger partial charge in [0.15, 0.2) is 0 Å². The molecule has 1 aliphatic heterocycles. The third-order valence-electron chi connectivity index (χ3n) is 12.3. The van der Waals surface area contributed by atoms with Crippen molar-refractivity contribution in [2.75, 3.05) is 13.1 Å². The molecule has 0 aromatic rings. The smallest absolute Gasteiger partial charge is 0.326 e. The van der Waals surface area contributed by atoms with E-state index in [0.717, 1.165) is 37.5 Å². The molecule has 0 spiro atoms. The number of rotatable bonds is 40. The number of carbonyl (C=O) groups is 11. The Bertz CT molecular complexity index is 1780. The molecule has 1 aliphatic rings. The number of nitrogens with zero attached hydrogens (tertiary/aromatic N) is 1. The molecule has 12 N–H and O–H groups in total. The van der Waals surface area contributed by atoms with Crippen molar-refractivity contribution in [2.45, 2.75) is 224 Å². The molecule has 0 unspecified atom stereocenters. The quantitative estimate of drug-likeness (QED) is 0.0391. The Kier molecular flexibility index (Phi) is 32.2. The first-order valence-corrected chi connectivity index (χ1v) is 25.8. The molecule has 23 heteroatoms. The van der Waals surface area contributed by atoms with Crippen LogP contribution in [0.4, 0.5) is 0 Å². The zero-order valence-electron chi connectivity index (χ0n) is 42.8. The third kappa shape index (κ3) is 27.7. The summed E-state index contributed by atoms with van der Waals surface area (Å²) in [5.74, 6) is -11.4. The van der Waals surface area contributed by atoms with Crippen molar-refractivity contribution < 1.29 is 73.2 Å². The molecule has 0 bridgehead atoms. The molecule has 410 valence electrons. The van der Waals surface area contributed by atoms with Crippen molar-refractivity contribution in [3.8, 4) is 0 Å². The number of hydrogen-bond acceptors (Lipinski definition) is 12. The van der Waals surface area contributed by atoms with Gasteiger partial charge in [-0.05, 0) is 51.4 Å². The van der Waals surface area contributed by atoms with Crippen LogP contribution in [0.5, 0.6) is 0 Å². The van der Waals surface area contributed by atoms with E-state index in [2.05, 4.69) is 38.8 Å². The van der Waals surface area contributed by atoms with Crippen LogP contribution in [-0.4, -0.2) is 146 Å². The van der Waals surface area contributed by atoms with Crippen LogP contribution in [-0.2, 0) is 52.7 Å². The van der Waals surface area contributed by atoms with E-state index in [4.69, 9.17) is 10.8 Å². The fourth-order valence-corrected chi connectivity index (χ4v) is 8.32. The number of primary amides is 1. The van der Waals surface area contributed by atoms with Gasteiger partial charge in [-0.1, -0.05) is 111 Å². The molecule has 1 saturated heterocycles. The second-order valence-corrected chi connectivity index (χ2v) is 19.2. The molecule has 7 atom stereocenters. The maximum absolute atomic E-state index is 13.8. The van der Waals surface area contributed by atoms with Crippen LogP contribution < -0.4 is 37.6 Å². The molecule has 0 radical (unpaired) electrons. The molecule has 0 aromatic carbocycles. The van der Waals surface area contributed by atoms with E-state index in [-0.39, 0.29) is 31.7 Å².